The number of nitrogens with one attached hydrogen (secondary N) is 1. The molecule has 1 heterocycles. The topological polar surface area (TPSA) is 64.6 Å². The highest BCUT2D eigenvalue weighted by Crippen LogP contribution is 2.32. The molecule has 5 heteroatoms. The summed E-state index contributed by atoms with van der Waals surface area (Å²) < 4.78 is 10.5. The van der Waals surface area contributed by atoms with E-state index in [2.05, 4.69) is 5.32 Å². The van der Waals surface area contributed by atoms with Gasteiger partial charge in [-0.2, -0.15) is 0 Å². The van der Waals surface area contributed by atoms with Gasteiger partial charge in [0.15, 0.2) is 17.3 Å². The van der Waals surface area contributed by atoms with E-state index < -0.39 is 0 Å². The maximum Gasteiger partial charge on any atom is 0.231 e. The first-order chi connectivity index (χ1) is 11.1. The second-order valence-electron chi connectivity index (χ2n) is 5.07. The van der Waals surface area contributed by atoms with Crippen molar-refractivity contribution in [3.63, 3.8) is 0 Å². The number of rotatable bonds is 4. The molecule has 0 aromatic heterocycles. The Morgan fingerprint density at radius 1 is 1.04 bits per heavy atom. The zero-order valence-electron chi connectivity index (χ0n) is 12.5. The van der Waals surface area contributed by atoms with Crippen LogP contribution in [0.15, 0.2) is 48.5 Å². The summed E-state index contributed by atoms with van der Waals surface area (Å²) in [4.78, 5) is 23.1. The molecule has 0 atom stereocenters. The van der Waals surface area contributed by atoms with E-state index in [4.69, 9.17) is 9.47 Å². The van der Waals surface area contributed by atoms with Crippen molar-refractivity contribution in [1.82, 2.24) is 0 Å². The van der Waals surface area contributed by atoms with Gasteiger partial charge in [0, 0.05) is 18.2 Å². The summed E-state index contributed by atoms with van der Waals surface area (Å²) in [6, 6.07) is 12.2. The fourth-order valence-electron chi connectivity index (χ4n) is 2.21. The highest BCUT2D eigenvalue weighted by molar-refractivity contribution is 6.07. The Labute approximate surface area is 133 Å². The molecule has 0 radical (unpaired) electrons. The Kier molecular flexibility index (Phi) is 4.10. The van der Waals surface area contributed by atoms with Crippen molar-refractivity contribution in [2.45, 2.75) is 6.92 Å². The van der Waals surface area contributed by atoms with Gasteiger partial charge in [0.25, 0.3) is 0 Å². The van der Waals surface area contributed by atoms with Gasteiger partial charge in [0.1, 0.15) is 0 Å². The molecule has 2 aromatic rings. The molecular weight excluding hydrogens is 294 g/mol. The third-order valence-corrected chi connectivity index (χ3v) is 3.31. The molecule has 0 saturated carbocycles. The van der Waals surface area contributed by atoms with E-state index in [0.717, 1.165) is 5.56 Å². The monoisotopic (exact) mass is 309 g/mol. The lowest BCUT2D eigenvalue weighted by molar-refractivity contribution is -0.114. The molecule has 1 aliphatic rings. The maximum atomic E-state index is 12.2. The minimum atomic E-state index is -0.146. The lowest BCUT2D eigenvalue weighted by atomic mass is 10.1. The first kappa shape index (κ1) is 14.8. The first-order valence-corrected chi connectivity index (χ1v) is 7.11. The summed E-state index contributed by atoms with van der Waals surface area (Å²) >= 11 is 0. The van der Waals surface area contributed by atoms with Gasteiger partial charge in [-0.25, -0.2) is 0 Å². The number of carbonyl (C=O) groups excluding carboxylic acids is 2. The van der Waals surface area contributed by atoms with Gasteiger partial charge in [-0.05, 0) is 48.0 Å². The molecule has 5 nitrogen and oxygen atoms in total. The molecule has 0 aliphatic carbocycles. The molecule has 1 N–H and O–H groups in total. The fourth-order valence-corrected chi connectivity index (χ4v) is 2.21. The van der Waals surface area contributed by atoms with Crippen molar-refractivity contribution in [3.05, 3.63) is 59.7 Å². The van der Waals surface area contributed by atoms with E-state index in [-0.39, 0.29) is 18.5 Å². The van der Waals surface area contributed by atoms with E-state index >= 15 is 0 Å². The van der Waals surface area contributed by atoms with Crippen LogP contribution in [0, 0.1) is 0 Å². The second-order valence-corrected chi connectivity index (χ2v) is 5.07. The predicted molar refractivity (Wildman–Crippen MR) is 86.7 cm³/mol. The quantitative estimate of drug-likeness (QED) is 0.695. The van der Waals surface area contributed by atoms with Gasteiger partial charge in [-0.1, -0.05) is 12.1 Å². The van der Waals surface area contributed by atoms with E-state index in [1.165, 1.54) is 13.0 Å². The van der Waals surface area contributed by atoms with Crippen molar-refractivity contribution >= 4 is 23.5 Å². The van der Waals surface area contributed by atoms with Crippen molar-refractivity contribution in [2.24, 2.45) is 0 Å². The van der Waals surface area contributed by atoms with Gasteiger partial charge in [-0.15, -0.1) is 0 Å². The number of ketones is 1. The maximum absolute atomic E-state index is 12.2. The van der Waals surface area contributed by atoms with E-state index in [9.17, 15) is 9.59 Å². The molecule has 2 aromatic carbocycles. The Balaban J connectivity index is 1.69. The molecule has 0 bridgehead atoms. The van der Waals surface area contributed by atoms with Gasteiger partial charge < -0.3 is 14.8 Å². The highest BCUT2D eigenvalue weighted by Gasteiger charge is 2.12. The molecule has 0 unspecified atom stereocenters. The largest absolute Gasteiger partial charge is 0.454 e. The summed E-state index contributed by atoms with van der Waals surface area (Å²) in [5.41, 5.74) is 2.07. The van der Waals surface area contributed by atoms with Gasteiger partial charge >= 0.3 is 0 Å². The van der Waals surface area contributed by atoms with Crippen LogP contribution in [0.3, 0.4) is 0 Å². The first-order valence-electron chi connectivity index (χ1n) is 7.11. The second kappa shape index (κ2) is 6.36. The molecule has 1 amide bonds. The summed E-state index contributed by atoms with van der Waals surface area (Å²) in [5.74, 6) is 1.13. The van der Waals surface area contributed by atoms with Crippen LogP contribution < -0.4 is 14.8 Å². The van der Waals surface area contributed by atoms with E-state index in [1.807, 2.05) is 18.2 Å². The SMILES string of the molecule is CC(=O)Nc1ccc(C(=O)/C=C/c2ccc3c(c2)OCO3)cc1. The van der Waals surface area contributed by atoms with Crippen LogP contribution >= 0.6 is 0 Å². The molecule has 0 saturated heterocycles. The normalized spacial score (nSPS) is 12.4. The van der Waals surface area contributed by atoms with Crippen LogP contribution in [0.5, 0.6) is 11.5 Å². The standard InChI is InChI=1S/C18H15NO4/c1-12(20)19-15-6-4-14(5-7-15)16(21)8-2-13-3-9-17-18(10-13)23-11-22-17/h2-10H,11H2,1H3,(H,19,20)/b8-2+. The summed E-state index contributed by atoms with van der Waals surface area (Å²) in [7, 11) is 0. The summed E-state index contributed by atoms with van der Waals surface area (Å²) in [6.07, 6.45) is 3.23. The lowest BCUT2D eigenvalue weighted by Gasteiger charge is -2.02. The summed E-state index contributed by atoms with van der Waals surface area (Å²) in [5, 5.41) is 2.66. The number of allylic oxidation sites excluding steroid dienone is 1. The molecule has 0 spiro atoms. The van der Waals surface area contributed by atoms with Crippen molar-refractivity contribution < 1.29 is 19.1 Å². The predicted octanol–water partition coefficient (Wildman–Crippen LogP) is 3.27. The fraction of sp³-hybridized carbons (Fsp3) is 0.111. The number of fused-ring (bicyclic) bond motifs is 1. The Morgan fingerprint density at radius 3 is 2.52 bits per heavy atom. The third-order valence-electron chi connectivity index (χ3n) is 3.31. The zero-order valence-corrected chi connectivity index (χ0v) is 12.5. The highest BCUT2D eigenvalue weighted by atomic mass is 16.7. The minimum absolute atomic E-state index is 0.114. The molecule has 3 rings (SSSR count). The average Bonchev–Trinajstić information content (AvgIpc) is 3.00. The number of benzene rings is 2. The van der Waals surface area contributed by atoms with E-state index in [0.29, 0.717) is 22.7 Å². The third kappa shape index (κ3) is 3.58. The van der Waals surface area contributed by atoms with Crippen molar-refractivity contribution in [2.75, 3.05) is 12.1 Å². The van der Waals surface area contributed by atoms with Crippen LogP contribution in [0.1, 0.15) is 22.8 Å². The number of amides is 1. The van der Waals surface area contributed by atoms with Gasteiger partial charge in [0.2, 0.25) is 12.7 Å². The average molecular weight is 309 g/mol. The number of carbonyl (C=O) groups is 2. The molecule has 1 aliphatic heterocycles. The molecule has 23 heavy (non-hydrogen) atoms. The number of hydrogen-bond donors (Lipinski definition) is 1. The minimum Gasteiger partial charge on any atom is -0.454 e. The van der Waals surface area contributed by atoms with Crippen molar-refractivity contribution in [3.8, 4) is 11.5 Å². The molecule has 116 valence electrons. The summed E-state index contributed by atoms with van der Waals surface area (Å²) in [6.45, 7) is 1.66. The van der Waals surface area contributed by atoms with Gasteiger partial charge in [-0.3, -0.25) is 9.59 Å². The van der Waals surface area contributed by atoms with Crippen LogP contribution in [-0.4, -0.2) is 18.5 Å². The number of anilines is 1. The van der Waals surface area contributed by atoms with Crippen LogP contribution in [0.2, 0.25) is 0 Å². The Morgan fingerprint density at radius 2 is 1.78 bits per heavy atom. The Hall–Kier alpha value is -3.08. The number of hydrogen-bond acceptors (Lipinski definition) is 4. The van der Waals surface area contributed by atoms with Crippen molar-refractivity contribution in [1.29, 1.82) is 0 Å². The lowest BCUT2D eigenvalue weighted by Crippen LogP contribution is -2.05. The van der Waals surface area contributed by atoms with E-state index in [1.54, 1.807) is 30.3 Å². The van der Waals surface area contributed by atoms with Crippen LogP contribution in [-0.2, 0) is 4.79 Å². The smallest absolute Gasteiger partial charge is 0.231 e. The molecular formula is C18H15NO4. The van der Waals surface area contributed by atoms with Crippen LogP contribution in [0.25, 0.3) is 6.08 Å². The van der Waals surface area contributed by atoms with Gasteiger partial charge in [0.05, 0.1) is 0 Å². The Bertz CT molecular complexity index is 778. The number of ether oxygens (including phenoxy) is 2. The van der Waals surface area contributed by atoms with Crippen LogP contribution in [0.4, 0.5) is 5.69 Å². The zero-order chi connectivity index (χ0) is 16.2. The molecule has 0 fully saturated rings.